The summed E-state index contributed by atoms with van der Waals surface area (Å²) < 4.78 is 0. The van der Waals surface area contributed by atoms with Gasteiger partial charge in [0.15, 0.2) is 0 Å². The van der Waals surface area contributed by atoms with E-state index in [4.69, 9.17) is 5.11 Å². The van der Waals surface area contributed by atoms with Crippen LogP contribution in [0.15, 0.2) is 0 Å². The molecule has 18 heavy (non-hydrogen) atoms. The van der Waals surface area contributed by atoms with E-state index in [-0.39, 0.29) is 30.6 Å². The summed E-state index contributed by atoms with van der Waals surface area (Å²) in [6, 6.07) is 0.0802. The van der Waals surface area contributed by atoms with Crippen LogP contribution in [-0.4, -0.2) is 46.6 Å². The lowest BCUT2D eigenvalue weighted by Gasteiger charge is -2.29. The number of hydrogen-bond acceptors (Lipinski definition) is 3. The fourth-order valence-electron chi connectivity index (χ4n) is 1.49. The molecule has 106 valence electrons. The molecule has 0 aromatic rings. The van der Waals surface area contributed by atoms with E-state index in [2.05, 4.69) is 5.32 Å². The number of nitrogens with zero attached hydrogens (tertiary/aromatic N) is 1. The quantitative estimate of drug-likeness (QED) is 0.692. The predicted octanol–water partition coefficient (Wildman–Crippen LogP) is 1.48. The zero-order valence-corrected chi connectivity index (χ0v) is 12.1. The SMILES string of the molecule is CCC(C)N(CC(=O)O)CC(=O)NC(C)(C)CC. The van der Waals surface area contributed by atoms with Crippen molar-refractivity contribution in [3.05, 3.63) is 0 Å². The van der Waals surface area contributed by atoms with Gasteiger partial charge in [-0.3, -0.25) is 14.5 Å². The van der Waals surface area contributed by atoms with Gasteiger partial charge in [-0.1, -0.05) is 13.8 Å². The number of carboxylic acid groups (broad SMARTS) is 1. The van der Waals surface area contributed by atoms with E-state index in [0.29, 0.717) is 0 Å². The average molecular weight is 258 g/mol. The van der Waals surface area contributed by atoms with Crippen LogP contribution in [0.4, 0.5) is 0 Å². The van der Waals surface area contributed by atoms with Gasteiger partial charge in [-0.2, -0.15) is 0 Å². The zero-order chi connectivity index (χ0) is 14.3. The number of aliphatic carboxylic acids is 1. The highest BCUT2D eigenvalue weighted by molar-refractivity contribution is 5.79. The standard InChI is InChI=1S/C13H26N2O3/c1-6-10(3)15(9-12(17)18)8-11(16)14-13(4,5)7-2/h10H,6-9H2,1-5H3,(H,14,16)(H,17,18). The molecule has 0 bridgehead atoms. The van der Waals surface area contributed by atoms with Gasteiger partial charge in [-0.05, 0) is 33.6 Å². The van der Waals surface area contributed by atoms with Crippen molar-refractivity contribution in [2.45, 2.75) is 59.0 Å². The summed E-state index contributed by atoms with van der Waals surface area (Å²) >= 11 is 0. The third-order valence-corrected chi connectivity index (χ3v) is 3.26. The Morgan fingerprint density at radius 1 is 1.28 bits per heavy atom. The van der Waals surface area contributed by atoms with Crippen molar-refractivity contribution in [1.82, 2.24) is 10.2 Å². The molecule has 0 spiro atoms. The second-order valence-corrected chi connectivity index (χ2v) is 5.34. The minimum atomic E-state index is -0.905. The molecule has 1 atom stereocenters. The Hall–Kier alpha value is -1.10. The van der Waals surface area contributed by atoms with E-state index >= 15 is 0 Å². The number of carbonyl (C=O) groups excluding carboxylic acids is 1. The monoisotopic (exact) mass is 258 g/mol. The number of nitrogens with one attached hydrogen (secondary N) is 1. The van der Waals surface area contributed by atoms with Gasteiger partial charge in [0.1, 0.15) is 0 Å². The number of carboxylic acids is 1. The molecular formula is C13H26N2O3. The zero-order valence-electron chi connectivity index (χ0n) is 12.1. The molecule has 0 rings (SSSR count). The van der Waals surface area contributed by atoms with Crippen molar-refractivity contribution in [1.29, 1.82) is 0 Å². The van der Waals surface area contributed by atoms with Crippen LogP contribution in [0.3, 0.4) is 0 Å². The van der Waals surface area contributed by atoms with Crippen molar-refractivity contribution in [3.63, 3.8) is 0 Å². The molecule has 0 aromatic heterocycles. The van der Waals surface area contributed by atoms with E-state index in [0.717, 1.165) is 12.8 Å². The smallest absolute Gasteiger partial charge is 0.317 e. The Morgan fingerprint density at radius 2 is 1.83 bits per heavy atom. The van der Waals surface area contributed by atoms with Gasteiger partial charge in [-0.15, -0.1) is 0 Å². The summed E-state index contributed by atoms with van der Waals surface area (Å²) in [5, 5.41) is 11.8. The molecule has 5 nitrogen and oxygen atoms in total. The number of rotatable bonds is 8. The normalized spacial score (nSPS) is 13.4. The van der Waals surface area contributed by atoms with Gasteiger partial charge in [0, 0.05) is 11.6 Å². The van der Waals surface area contributed by atoms with Crippen LogP contribution in [0.25, 0.3) is 0 Å². The highest BCUT2D eigenvalue weighted by atomic mass is 16.4. The van der Waals surface area contributed by atoms with Crippen LogP contribution in [0, 0.1) is 0 Å². The first-order chi connectivity index (χ1) is 8.21. The molecule has 0 radical (unpaired) electrons. The first-order valence-electron chi connectivity index (χ1n) is 6.48. The van der Waals surface area contributed by atoms with Crippen LogP contribution in [0.1, 0.15) is 47.5 Å². The molecule has 0 fully saturated rings. The summed E-state index contributed by atoms with van der Waals surface area (Å²) in [6.45, 7) is 9.85. The molecule has 0 aliphatic rings. The molecule has 0 aliphatic carbocycles. The Balaban J connectivity index is 4.48. The molecule has 0 aromatic carbocycles. The van der Waals surface area contributed by atoms with Crippen LogP contribution in [0.2, 0.25) is 0 Å². The van der Waals surface area contributed by atoms with Crippen molar-refractivity contribution < 1.29 is 14.7 Å². The van der Waals surface area contributed by atoms with Crippen LogP contribution >= 0.6 is 0 Å². The van der Waals surface area contributed by atoms with Gasteiger partial charge >= 0.3 is 5.97 Å². The van der Waals surface area contributed by atoms with Crippen molar-refractivity contribution in [3.8, 4) is 0 Å². The minimum Gasteiger partial charge on any atom is -0.480 e. The van der Waals surface area contributed by atoms with E-state index in [9.17, 15) is 9.59 Å². The van der Waals surface area contributed by atoms with Gasteiger partial charge in [0.2, 0.25) is 5.91 Å². The topological polar surface area (TPSA) is 69.6 Å². The van der Waals surface area contributed by atoms with E-state index in [1.807, 2.05) is 34.6 Å². The predicted molar refractivity (Wildman–Crippen MR) is 71.5 cm³/mol. The lowest BCUT2D eigenvalue weighted by atomic mass is 10.0. The molecule has 0 aliphatic heterocycles. The van der Waals surface area contributed by atoms with Crippen molar-refractivity contribution >= 4 is 11.9 Å². The van der Waals surface area contributed by atoms with Gasteiger partial charge < -0.3 is 10.4 Å². The molecule has 1 amide bonds. The fourth-order valence-corrected chi connectivity index (χ4v) is 1.49. The fraction of sp³-hybridized carbons (Fsp3) is 0.846. The lowest BCUT2D eigenvalue weighted by Crippen LogP contribution is -2.49. The summed E-state index contributed by atoms with van der Waals surface area (Å²) in [6.07, 6.45) is 1.65. The number of carbonyl (C=O) groups is 2. The third-order valence-electron chi connectivity index (χ3n) is 3.26. The summed E-state index contributed by atoms with van der Waals surface area (Å²) in [7, 11) is 0. The van der Waals surface area contributed by atoms with Gasteiger partial charge in [-0.25, -0.2) is 0 Å². The molecule has 5 heteroatoms. The largest absolute Gasteiger partial charge is 0.480 e. The second kappa shape index (κ2) is 7.36. The maximum atomic E-state index is 11.9. The number of amides is 1. The maximum Gasteiger partial charge on any atom is 0.317 e. The van der Waals surface area contributed by atoms with Crippen LogP contribution in [-0.2, 0) is 9.59 Å². The highest BCUT2D eigenvalue weighted by Gasteiger charge is 2.22. The maximum absolute atomic E-state index is 11.9. The minimum absolute atomic E-state index is 0.0802. The number of hydrogen-bond donors (Lipinski definition) is 2. The van der Waals surface area contributed by atoms with E-state index in [1.165, 1.54) is 0 Å². The Labute approximate surface area is 110 Å². The van der Waals surface area contributed by atoms with E-state index < -0.39 is 5.97 Å². The van der Waals surface area contributed by atoms with E-state index in [1.54, 1.807) is 4.90 Å². The Kier molecular flexibility index (Phi) is 6.91. The molecule has 0 saturated heterocycles. The summed E-state index contributed by atoms with van der Waals surface area (Å²) in [4.78, 5) is 24.3. The third kappa shape index (κ3) is 6.59. The molecule has 1 unspecified atom stereocenters. The van der Waals surface area contributed by atoms with Crippen LogP contribution < -0.4 is 5.32 Å². The molecule has 0 heterocycles. The molecule has 2 N–H and O–H groups in total. The second-order valence-electron chi connectivity index (χ2n) is 5.34. The van der Waals surface area contributed by atoms with Crippen molar-refractivity contribution in [2.24, 2.45) is 0 Å². The van der Waals surface area contributed by atoms with Crippen LogP contribution in [0.5, 0.6) is 0 Å². The Bertz CT molecular complexity index is 290. The Morgan fingerprint density at radius 3 is 2.22 bits per heavy atom. The highest BCUT2D eigenvalue weighted by Crippen LogP contribution is 2.08. The summed E-state index contributed by atoms with van der Waals surface area (Å²) in [5.41, 5.74) is -0.249. The first-order valence-corrected chi connectivity index (χ1v) is 6.48. The van der Waals surface area contributed by atoms with Crippen molar-refractivity contribution in [2.75, 3.05) is 13.1 Å². The summed E-state index contributed by atoms with van der Waals surface area (Å²) in [5.74, 6) is -1.03. The average Bonchev–Trinajstić information content (AvgIpc) is 2.25. The van der Waals surface area contributed by atoms with Gasteiger partial charge in [0.05, 0.1) is 13.1 Å². The first kappa shape index (κ1) is 16.9. The molecular weight excluding hydrogens is 232 g/mol. The lowest BCUT2D eigenvalue weighted by molar-refractivity contribution is -0.139. The molecule has 0 saturated carbocycles. The van der Waals surface area contributed by atoms with Gasteiger partial charge in [0.25, 0.3) is 0 Å².